The second kappa shape index (κ2) is 24.0. The van der Waals surface area contributed by atoms with Crippen molar-refractivity contribution in [1.82, 2.24) is 9.13 Å². The Morgan fingerprint density at radius 2 is 0.777 bits per heavy atom. The van der Waals surface area contributed by atoms with Gasteiger partial charge in [0.1, 0.15) is 6.07 Å². The highest BCUT2D eigenvalue weighted by Gasteiger charge is 2.46. The lowest BCUT2D eigenvalue weighted by Crippen LogP contribution is -2.61. The molecular formula is C97H78BN5. The molecule has 2 aliphatic heterocycles. The van der Waals surface area contributed by atoms with Crippen molar-refractivity contribution < 1.29 is 17.8 Å². The van der Waals surface area contributed by atoms with Gasteiger partial charge in [0.05, 0.1) is 56.8 Å². The summed E-state index contributed by atoms with van der Waals surface area (Å²) in [5.41, 5.74) is 18.4. The minimum absolute atomic E-state index is 0.00264. The van der Waals surface area contributed by atoms with Gasteiger partial charge < -0.3 is 18.9 Å². The van der Waals surface area contributed by atoms with Gasteiger partial charge in [0.15, 0.2) is 0 Å². The zero-order chi connectivity index (χ0) is 81.5. The topological polar surface area (TPSA) is 40.1 Å². The van der Waals surface area contributed by atoms with Crippen LogP contribution in [0.25, 0.3) is 111 Å². The summed E-state index contributed by atoms with van der Waals surface area (Å²) in [5, 5.41) is 14.0. The molecule has 0 fully saturated rings. The number of fused-ring (bicyclic) bond motifs is 10. The average Bonchev–Trinajstić information content (AvgIpc) is 1.58. The van der Waals surface area contributed by atoms with Crippen molar-refractivity contribution in [2.45, 2.75) is 78.6 Å². The lowest BCUT2D eigenvalue weighted by molar-refractivity contribution is 0.569. The molecule has 2 aliphatic rings. The van der Waals surface area contributed by atoms with Crippen molar-refractivity contribution in [1.29, 1.82) is 5.26 Å². The summed E-state index contributed by atoms with van der Waals surface area (Å²) in [6, 6.07) is 75.2. The van der Waals surface area contributed by atoms with Crippen LogP contribution in [-0.2, 0) is 16.2 Å². The van der Waals surface area contributed by atoms with Crippen LogP contribution in [0.4, 0.5) is 34.1 Å². The van der Waals surface area contributed by atoms with Gasteiger partial charge in [-0.3, -0.25) is 0 Å². The number of para-hydroxylation sites is 4. The summed E-state index contributed by atoms with van der Waals surface area (Å²) >= 11 is 0. The Balaban J connectivity index is 1.07. The Hall–Kier alpha value is -12.2. The number of nitriles is 1. The Bertz CT molecular complexity index is 6790. The van der Waals surface area contributed by atoms with Gasteiger partial charge >= 0.3 is 0 Å². The van der Waals surface area contributed by atoms with Gasteiger partial charge in [-0.25, -0.2) is 0 Å². The number of hydrogen-bond acceptors (Lipinski definition) is 3. The molecule has 0 aliphatic carbocycles. The van der Waals surface area contributed by atoms with E-state index in [2.05, 4.69) is 204 Å². The third-order valence-electron chi connectivity index (χ3n) is 20.9. The maximum Gasteiger partial charge on any atom is 0.252 e. The Morgan fingerprint density at radius 3 is 1.38 bits per heavy atom. The maximum absolute atomic E-state index is 12.2. The molecule has 0 saturated heterocycles. The maximum atomic E-state index is 12.2. The summed E-state index contributed by atoms with van der Waals surface area (Å²) in [6.45, 7) is 19.1. The van der Waals surface area contributed by atoms with Gasteiger partial charge in [-0.05, 0) is 179 Å². The van der Waals surface area contributed by atoms with Gasteiger partial charge in [-0.15, -0.1) is 0 Å². The largest absolute Gasteiger partial charge is 0.310 e. The van der Waals surface area contributed by atoms with E-state index in [0.29, 0.717) is 39.5 Å². The van der Waals surface area contributed by atoms with Gasteiger partial charge in [-0.2, -0.15) is 5.26 Å². The van der Waals surface area contributed by atoms with E-state index in [1.165, 1.54) is 4.57 Å². The molecule has 494 valence electrons. The summed E-state index contributed by atoms with van der Waals surface area (Å²) in [5.74, 6) is 0. The van der Waals surface area contributed by atoms with E-state index < -0.39 is 78.6 Å². The fourth-order valence-electron chi connectivity index (χ4n) is 15.8. The standard InChI is InChI=1S/C97H78BN5/c1-95(2,3)69-51-67(52-70(56-69)96(4,5)6)68-54-91-93-92(55-68)103(94-80(64-33-17-12-18-34-64)57-71(97(7,8)9)58-81(94)75-36-20-19-35-74(75)63-31-15-11-16-32-63)89-53-65(62-29-13-10-14-30-62)46-49-82(89)98(93)83-50-48-73(101-86-43-27-23-39-78(86)79-40-24-28-44-87(79)101)60-90(83)102(91)88-59-72(47-45-66(88)61-99)100-84-41-25-21-37-76(84)77-38-22-26-42-85(77)100/h10-60H,1-9H3/i10D,13D,14D,23D,24D,27D,28D,29D,30D,39D,40D,43D,44D. The van der Waals surface area contributed by atoms with Crippen molar-refractivity contribution in [3.05, 3.63) is 331 Å². The zero-order valence-corrected chi connectivity index (χ0v) is 58.8. The number of nitrogens with zero attached hydrogens (tertiary/aromatic N) is 5. The van der Waals surface area contributed by atoms with Crippen LogP contribution in [-0.4, -0.2) is 15.8 Å². The first-order chi connectivity index (χ1) is 55.4. The molecule has 16 aromatic rings. The molecule has 103 heavy (non-hydrogen) atoms. The van der Waals surface area contributed by atoms with E-state index in [9.17, 15) is 19.0 Å². The molecule has 0 N–H and O–H groups in total. The van der Waals surface area contributed by atoms with Crippen LogP contribution in [0.15, 0.2) is 309 Å². The number of benzene rings is 14. The fourth-order valence-corrected chi connectivity index (χ4v) is 15.8. The van der Waals surface area contributed by atoms with Crippen LogP contribution >= 0.6 is 0 Å². The minimum Gasteiger partial charge on any atom is -0.310 e. The van der Waals surface area contributed by atoms with Crippen LogP contribution in [0.1, 0.15) is 102 Å². The minimum atomic E-state index is -0.784. The van der Waals surface area contributed by atoms with Crippen molar-refractivity contribution in [2.24, 2.45) is 0 Å². The smallest absolute Gasteiger partial charge is 0.252 e. The average molecular weight is 1340 g/mol. The van der Waals surface area contributed by atoms with Crippen molar-refractivity contribution in [2.75, 3.05) is 9.80 Å². The molecule has 14 aromatic carbocycles. The quantitative estimate of drug-likeness (QED) is 0.135. The van der Waals surface area contributed by atoms with Crippen LogP contribution in [0, 0.1) is 11.3 Å². The van der Waals surface area contributed by atoms with Crippen LogP contribution in [0.2, 0.25) is 0 Å². The third kappa shape index (κ3) is 10.4. The molecule has 6 heteroatoms. The predicted octanol–water partition coefficient (Wildman–Crippen LogP) is 24.1. The predicted molar refractivity (Wildman–Crippen MR) is 437 cm³/mol. The summed E-state index contributed by atoms with van der Waals surface area (Å²) < 4.78 is 126. The second-order valence-corrected chi connectivity index (χ2v) is 30.3. The van der Waals surface area contributed by atoms with Crippen molar-refractivity contribution in [3.8, 4) is 73.1 Å². The highest BCUT2D eigenvalue weighted by molar-refractivity contribution is 7.00. The molecule has 2 aromatic heterocycles. The molecule has 4 heterocycles. The Morgan fingerprint density at radius 1 is 0.320 bits per heavy atom. The van der Waals surface area contributed by atoms with Gasteiger partial charge in [0.25, 0.3) is 6.71 Å². The number of aromatic nitrogens is 2. The summed E-state index contributed by atoms with van der Waals surface area (Å²) in [4.78, 5) is 4.48. The summed E-state index contributed by atoms with van der Waals surface area (Å²) in [7, 11) is 0. The number of anilines is 6. The van der Waals surface area contributed by atoms with E-state index in [1.807, 2.05) is 109 Å². The molecule has 18 rings (SSSR count). The van der Waals surface area contributed by atoms with Crippen LogP contribution in [0.3, 0.4) is 0 Å². The van der Waals surface area contributed by atoms with Crippen LogP contribution < -0.4 is 26.2 Å². The van der Waals surface area contributed by atoms with Crippen molar-refractivity contribution in [3.63, 3.8) is 0 Å². The first-order valence-electron chi connectivity index (χ1n) is 41.6. The fraction of sp³-hybridized carbons (Fsp3) is 0.124. The van der Waals surface area contributed by atoms with E-state index >= 15 is 0 Å². The van der Waals surface area contributed by atoms with E-state index in [-0.39, 0.29) is 61.5 Å². The molecule has 5 nitrogen and oxygen atoms in total. The second-order valence-electron chi connectivity index (χ2n) is 30.3. The molecule has 0 spiro atoms. The van der Waals surface area contributed by atoms with E-state index in [0.717, 1.165) is 105 Å². The zero-order valence-electron chi connectivity index (χ0n) is 71.8. The summed E-state index contributed by atoms with van der Waals surface area (Å²) in [6.07, 6.45) is 0. The van der Waals surface area contributed by atoms with Crippen LogP contribution in [0.5, 0.6) is 0 Å². The Kier molecular flexibility index (Phi) is 11.7. The van der Waals surface area contributed by atoms with E-state index in [4.69, 9.17) is 4.11 Å². The molecule has 0 amide bonds. The van der Waals surface area contributed by atoms with Gasteiger partial charge in [0, 0.05) is 66.8 Å². The number of rotatable bonds is 9. The molecule has 0 unspecified atom stereocenters. The van der Waals surface area contributed by atoms with Gasteiger partial charge in [-0.1, -0.05) is 287 Å². The van der Waals surface area contributed by atoms with Gasteiger partial charge in [0.2, 0.25) is 0 Å². The molecule has 0 bridgehead atoms. The molecule has 0 saturated carbocycles. The Labute approximate surface area is 622 Å². The highest BCUT2D eigenvalue weighted by atomic mass is 15.2. The molecular weight excluding hydrogens is 1250 g/mol. The SMILES string of the molecule is [2H]c1c([2H])c([2H])c(-c2ccc3c(c2)N(c2c(-c4ccccc4)cc(C(C)(C)C)cc2-c2ccccc2-c2ccccc2)c2cc(-c4cc(C(C)(C)C)cc(C(C)(C)C)c4)cc4c2B3c2ccc(-n3c5c([2H])c([2H])c([2H])c([2H])c5c5c([2H])c([2H])c([2H])c([2H])c53)cc2N4c2cc(-n3c4ccccc4c4ccccc43)ccc2C#N)c([2H])c1[2H]. The monoisotopic (exact) mass is 1340 g/mol. The normalized spacial score (nSPS) is 14.6. The first-order valence-corrected chi connectivity index (χ1v) is 35.1. The molecule has 0 atom stereocenters. The van der Waals surface area contributed by atoms with Crippen molar-refractivity contribution >= 4 is 101 Å². The molecule has 0 radical (unpaired) electrons. The first kappa shape index (κ1) is 50.2. The number of hydrogen-bond donors (Lipinski definition) is 0. The lowest BCUT2D eigenvalue weighted by atomic mass is 9.33. The lowest BCUT2D eigenvalue weighted by Gasteiger charge is -2.46. The highest BCUT2D eigenvalue weighted by Crippen LogP contribution is 2.55. The van der Waals surface area contributed by atoms with E-state index in [1.54, 1.807) is 0 Å². The third-order valence-corrected chi connectivity index (χ3v) is 20.9.